The average Bonchev–Trinajstić information content (AvgIpc) is 2.14. The van der Waals surface area contributed by atoms with Gasteiger partial charge in [-0.3, -0.25) is 0 Å². The van der Waals surface area contributed by atoms with Crippen LogP contribution >= 0.6 is 55.1 Å². The topological polar surface area (TPSA) is 0 Å². The van der Waals surface area contributed by atoms with Crippen molar-refractivity contribution in [3.8, 4) is 0 Å². The summed E-state index contributed by atoms with van der Waals surface area (Å²) < 4.78 is 0. The minimum Gasteiger partial charge on any atom is -0.114 e. The summed E-state index contributed by atoms with van der Waals surface area (Å²) >= 11 is 19.1. The number of halogens is 4. The first-order valence-electron chi connectivity index (χ1n) is 4.16. The molecule has 0 nitrogen and oxygen atoms in total. The summed E-state index contributed by atoms with van der Waals surface area (Å²) in [6, 6.07) is 0. The molecular formula is C10H14Br2Cl2. The zero-order chi connectivity index (χ0) is 11.4. The van der Waals surface area contributed by atoms with Gasteiger partial charge in [0.25, 0.3) is 0 Å². The van der Waals surface area contributed by atoms with Crippen molar-refractivity contribution in [1.29, 1.82) is 0 Å². The molecule has 0 rings (SSSR count). The molecule has 0 saturated heterocycles. The van der Waals surface area contributed by atoms with E-state index in [2.05, 4.69) is 38.4 Å². The molecule has 0 bridgehead atoms. The quantitative estimate of drug-likeness (QED) is 0.481. The fourth-order valence-electron chi connectivity index (χ4n) is 0.630. The fourth-order valence-corrected chi connectivity index (χ4v) is 1.30. The Morgan fingerprint density at radius 3 is 2.29 bits per heavy atom. The number of alkyl halides is 4. The van der Waals surface area contributed by atoms with Gasteiger partial charge in [-0.1, -0.05) is 50.1 Å². The van der Waals surface area contributed by atoms with E-state index in [0.717, 1.165) is 0 Å². The molecule has 82 valence electrons. The van der Waals surface area contributed by atoms with E-state index in [1.54, 1.807) is 6.08 Å². The number of hydrogen-bond donors (Lipinski definition) is 0. The summed E-state index contributed by atoms with van der Waals surface area (Å²) in [5, 5.41) is 0.699. The summed E-state index contributed by atoms with van der Waals surface area (Å²) in [6.07, 6.45) is 5.58. The van der Waals surface area contributed by atoms with Crippen LogP contribution in [0.25, 0.3) is 0 Å². The molecule has 0 fully saturated rings. The van der Waals surface area contributed by atoms with Crippen LogP contribution < -0.4 is 0 Å². The number of hydrogen-bond acceptors (Lipinski definition) is 0. The van der Waals surface area contributed by atoms with Gasteiger partial charge in [0.2, 0.25) is 0 Å². The van der Waals surface area contributed by atoms with Crippen molar-refractivity contribution in [2.45, 2.75) is 28.4 Å². The molecule has 0 aromatic rings. The SMILES string of the molecule is C=C[C@](C)(Cl)[C@@H](Br)C=C[C@](C)(Cl)CBr. The molecule has 0 aliphatic carbocycles. The molecule has 0 amide bonds. The number of rotatable bonds is 5. The summed E-state index contributed by atoms with van der Waals surface area (Å²) in [4.78, 5) is -0.845. The second-order valence-corrected chi connectivity index (χ2v) is 6.75. The Balaban J connectivity index is 4.46. The molecule has 0 spiro atoms. The molecule has 0 aliphatic rings. The van der Waals surface area contributed by atoms with Gasteiger partial charge in [-0.25, -0.2) is 0 Å². The molecule has 14 heavy (non-hydrogen) atoms. The molecule has 0 N–H and O–H groups in total. The maximum absolute atomic E-state index is 6.17. The predicted octanol–water partition coefficient (Wildman–Crippen LogP) is 4.88. The standard InChI is InChI=1S/C10H14Br2Cl2/c1-4-10(3,14)8(12)5-6-9(2,13)7-11/h4-6,8H,1,7H2,2-3H3/t8-,9-,10-/m0/s1. The Bertz CT molecular complexity index is 222. The Labute approximate surface area is 113 Å². The molecule has 0 radical (unpaired) electrons. The lowest BCUT2D eigenvalue weighted by Gasteiger charge is -2.22. The molecule has 0 heterocycles. The van der Waals surface area contributed by atoms with Crippen LogP contribution in [0.2, 0.25) is 0 Å². The van der Waals surface area contributed by atoms with Gasteiger partial charge in [-0.2, -0.15) is 0 Å². The van der Waals surface area contributed by atoms with Gasteiger partial charge in [0.05, 0.1) is 14.6 Å². The highest BCUT2D eigenvalue weighted by Gasteiger charge is 2.25. The van der Waals surface area contributed by atoms with Crippen molar-refractivity contribution >= 4 is 55.1 Å². The summed E-state index contributed by atoms with van der Waals surface area (Å²) in [5.41, 5.74) is 0. The molecule has 0 aliphatic heterocycles. The van der Waals surface area contributed by atoms with Crippen molar-refractivity contribution in [2.75, 3.05) is 5.33 Å². The summed E-state index contributed by atoms with van der Waals surface area (Å²) in [6.45, 7) is 7.50. The third kappa shape index (κ3) is 5.20. The van der Waals surface area contributed by atoms with E-state index < -0.39 is 4.87 Å². The molecular weight excluding hydrogens is 351 g/mol. The van der Waals surface area contributed by atoms with Crippen LogP contribution in [-0.2, 0) is 0 Å². The lowest BCUT2D eigenvalue weighted by atomic mass is 10.1. The van der Waals surface area contributed by atoms with Gasteiger partial charge in [0, 0.05) is 5.33 Å². The Kier molecular flexibility index (Phi) is 6.36. The van der Waals surface area contributed by atoms with Crippen LogP contribution in [0.3, 0.4) is 0 Å². The highest BCUT2D eigenvalue weighted by Crippen LogP contribution is 2.29. The highest BCUT2D eigenvalue weighted by molar-refractivity contribution is 9.09. The maximum Gasteiger partial charge on any atom is 0.0754 e. The van der Waals surface area contributed by atoms with Crippen molar-refractivity contribution < 1.29 is 0 Å². The Morgan fingerprint density at radius 1 is 1.43 bits per heavy atom. The van der Waals surface area contributed by atoms with E-state index in [1.807, 2.05) is 26.0 Å². The smallest absolute Gasteiger partial charge is 0.0754 e. The third-order valence-corrected chi connectivity index (χ3v) is 5.47. The van der Waals surface area contributed by atoms with E-state index in [-0.39, 0.29) is 9.70 Å². The first-order chi connectivity index (χ1) is 6.25. The normalized spacial score (nSPS) is 22.7. The van der Waals surface area contributed by atoms with Gasteiger partial charge in [0.15, 0.2) is 0 Å². The first-order valence-corrected chi connectivity index (χ1v) is 6.95. The van der Waals surface area contributed by atoms with E-state index in [9.17, 15) is 0 Å². The van der Waals surface area contributed by atoms with Gasteiger partial charge in [0.1, 0.15) is 0 Å². The van der Waals surface area contributed by atoms with Crippen LogP contribution in [-0.4, -0.2) is 19.9 Å². The highest BCUT2D eigenvalue weighted by atomic mass is 79.9. The van der Waals surface area contributed by atoms with Crippen molar-refractivity contribution in [3.05, 3.63) is 24.8 Å². The lowest BCUT2D eigenvalue weighted by Crippen LogP contribution is -2.25. The summed E-state index contributed by atoms with van der Waals surface area (Å²) in [7, 11) is 0. The van der Waals surface area contributed by atoms with Crippen LogP contribution in [0.4, 0.5) is 0 Å². The van der Waals surface area contributed by atoms with Gasteiger partial charge in [-0.15, -0.1) is 29.8 Å². The van der Waals surface area contributed by atoms with Crippen LogP contribution in [0.5, 0.6) is 0 Å². The second kappa shape index (κ2) is 5.93. The van der Waals surface area contributed by atoms with Crippen molar-refractivity contribution in [1.82, 2.24) is 0 Å². The summed E-state index contributed by atoms with van der Waals surface area (Å²) in [5.74, 6) is 0. The Hall–Kier alpha value is 1.02. The third-order valence-electron chi connectivity index (χ3n) is 1.81. The number of allylic oxidation sites excluding steroid dienone is 3. The minimum atomic E-state index is -0.490. The molecule has 3 atom stereocenters. The second-order valence-electron chi connectivity index (χ2n) is 3.53. The van der Waals surface area contributed by atoms with Crippen LogP contribution in [0.1, 0.15) is 13.8 Å². The minimum absolute atomic E-state index is 0.0197. The van der Waals surface area contributed by atoms with E-state index in [1.165, 1.54) is 0 Å². The van der Waals surface area contributed by atoms with Crippen LogP contribution in [0.15, 0.2) is 24.8 Å². The lowest BCUT2D eigenvalue weighted by molar-refractivity contribution is 0.807. The molecule has 0 aromatic carbocycles. The largest absolute Gasteiger partial charge is 0.114 e. The Morgan fingerprint density at radius 2 is 1.93 bits per heavy atom. The first kappa shape index (κ1) is 15.0. The molecule has 0 unspecified atom stereocenters. The fraction of sp³-hybridized carbons (Fsp3) is 0.600. The van der Waals surface area contributed by atoms with Crippen LogP contribution in [0, 0.1) is 0 Å². The van der Waals surface area contributed by atoms with E-state index in [4.69, 9.17) is 23.2 Å². The predicted molar refractivity (Wildman–Crippen MR) is 74.4 cm³/mol. The van der Waals surface area contributed by atoms with E-state index in [0.29, 0.717) is 5.33 Å². The van der Waals surface area contributed by atoms with Crippen molar-refractivity contribution in [3.63, 3.8) is 0 Å². The molecule has 0 aromatic heterocycles. The molecule has 0 saturated carbocycles. The van der Waals surface area contributed by atoms with Crippen molar-refractivity contribution in [2.24, 2.45) is 0 Å². The van der Waals surface area contributed by atoms with Gasteiger partial charge in [-0.05, 0) is 13.8 Å². The van der Waals surface area contributed by atoms with Gasteiger partial charge >= 0.3 is 0 Å². The zero-order valence-electron chi connectivity index (χ0n) is 8.24. The maximum atomic E-state index is 6.17. The van der Waals surface area contributed by atoms with Gasteiger partial charge < -0.3 is 0 Å². The molecule has 4 heteroatoms. The monoisotopic (exact) mass is 362 g/mol. The van der Waals surface area contributed by atoms with E-state index >= 15 is 0 Å². The average molecular weight is 365 g/mol. The zero-order valence-corrected chi connectivity index (χ0v) is 12.9.